The number of rotatable bonds is 6. The van der Waals surface area contributed by atoms with Crippen LogP contribution in [0.5, 0.6) is 5.75 Å². The molecule has 0 spiro atoms. The second kappa shape index (κ2) is 8.26. The van der Waals surface area contributed by atoms with Gasteiger partial charge in [0, 0.05) is 6.21 Å². The molecule has 1 aliphatic rings. The average Bonchev–Trinajstić information content (AvgIpc) is 3.03. The van der Waals surface area contributed by atoms with Crippen molar-refractivity contribution in [3.8, 4) is 5.75 Å². The number of hydrazone groups is 1. The lowest BCUT2D eigenvalue weighted by molar-refractivity contribution is -0.118. The smallest absolute Gasteiger partial charge is 0.337 e. The minimum Gasteiger partial charge on any atom is -0.497 e. The van der Waals surface area contributed by atoms with E-state index in [0.717, 1.165) is 5.56 Å². The quantitative estimate of drug-likeness (QED) is 0.749. The standard InChI is InChI=1S/C22H23N3O4/c1-13(2)20-18(12-23-19-10-5-14(3)11-17(19)22(27)28)21(26)25(24-20)15-6-8-16(29-4)9-7-15/h5-13,18H,1-4H3,(H,27,28)/b23-12+. The fourth-order valence-electron chi connectivity index (χ4n) is 3.10. The number of hydrogen-bond donors (Lipinski definition) is 1. The Balaban J connectivity index is 1.93. The Labute approximate surface area is 169 Å². The van der Waals surface area contributed by atoms with E-state index in [9.17, 15) is 14.7 Å². The maximum Gasteiger partial charge on any atom is 0.337 e. The number of hydrogen-bond acceptors (Lipinski definition) is 5. The van der Waals surface area contributed by atoms with Crippen LogP contribution in [0.4, 0.5) is 11.4 Å². The van der Waals surface area contributed by atoms with Crippen molar-refractivity contribution in [2.24, 2.45) is 21.9 Å². The number of benzene rings is 2. The summed E-state index contributed by atoms with van der Waals surface area (Å²) in [6.45, 7) is 5.73. The van der Waals surface area contributed by atoms with Crippen molar-refractivity contribution in [3.05, 3.63) is 53.6 Å². The zero-order chi connectivity index (χ0) is 21.1. The van der Waals surface area contributed by atoms with Gasteiger partial charge < -0.3 is 9.84 Å². The molecule has 2 aromatic carbocycles. The Morgan fingerprint density at radius 1 is 1.24 bits per heavy atom. The van der Waals surface area contributed by atoms with Crippen LogP contribution in [-0.4, -0.2) is 36.0 Å². The summed E-state index contributed by atoms with van der Waals surface area (Å²) in [7, 11) is 1.58. The van der Waals surface area contributed by atoms with Crippen LogP contribution in [-0.2, 0) is 4.79 Å². The molecule has 1 atom stereocenters. The van der Waals surface area contributed by atoms with Crippen LogP contribution in [0.1, 0.15) is 29.8 Å². The lowest BCUT2D eigenvalue weighted by Gasteiger charge is -2.13. The molecule has 0 aliphatic carbocycles. The molecule has 0 aromatic heterocycles. The third kappa shape index (κ3) is 4.18. The van der Waals surface area contributed by atoms with Gasteiger partial charge in [-0.3, -0.25) is 9.79 Å². The van der Waals surface area contributed by atoms with Gasteiger partial charge in [0.25, 0.3) is 5.91 Å². The number of amides is 1. The SMILES string of the molecule is COc1ccc(N2N=C(C(C)C)C(/C=N/c3ccc(C)cc3C(=O)O)C2=O)cc1. The van der Waals surface area contributed by atoms with Gasteiger partial charge in [-0.15, -0.1) is 0 Å². The molecule has 0 saturated carbocycles. The maximum atomic E-state index is 13.0. The number of nitrogens with zero attached hydrogens (tertiary/aromatic N) is 3. The van der Waals surface area contributed by atoms with Gasteiger partial charge in [-0.25, -0.2) is 4.79 Å². The summed E-state index contributed by atoms with van der Waals surface area (Å²) >= 11 is 0. The van der Waals surface area contributed by atoms with E-state index in [0.29, 0.717) is 22.8 Å². The first-order valence-corrected chi connectivity index (χ1v) is 9.26. The summed E-state index contributed by atoms with van der Waals surface area (Å²) in [5.41, 5.74) is 2.54. The molecular formula is C22H23N3O4. The largest absolute Gasteiger partial charge is 0.497 e. The second-order valence-electron chi connectivity index (χ2n) is 7.11. The molecule has 1 amide bonds. The molecule has 0 bridgehead atoms. The summed E-state index contributed by atoms with van der Waals surface area (Å²) in [5, 5.41) is 15.3. The van der Waals surface area contributed by atoms with Crippen LogP contribution >= 0.6 is 0 Å². The topological polar surface area (TPSA) is 91.6 Å². The van der Waals surface area contributed by atoms with Gasteiger partial charge in [-0.2, -0.15) is 10.1 Å². The van der Waals surface area contributed by atoms with E-state index in [4.69, 9.17) is 4.74 Å². The molecule has 29 heavy (non-hydrogen) atoms. The monoisotopic (exact) mass is 393 g/mol. The van der Waals surface area contributed by atoms with Gasteiger partial charge in [0.05, 0.1) is 29.8 Å². The molecule has 0 saturated heterocycles. The lowest BCUT2D eigenvalue weighted by Crippen LogP contribution is -2.29. The van der Waals surface area contributed by atoms with Crippen molar-refractivity contribution in [3.63, 3.8) is 0 Å². The Morgan fingerprint density at radius 2 is 1.93 bits per heavy atom. The molecule has 1 N–H and O–H groups in total. The summed E-state index contributed by atoms with van der Waals surface area (Å²) in [5.74, 6) is -1.23. The van der Waals surface area contributed by atoms with Crippen LogP contribution in [0.25, 0.3) is 0 Å². The second-order valence-corrected chi connectivity index (χ2v) is 7.11. The van der Waals surface area contributed by atoms with Crippen LogP contribution in [0.15, 0.2) is 52.6 Å². The van der Waals surface area contributed by atoms with Crippen LogP contribution in [0.3, 0.4) is 0 Å². The molecule has 7 heteroatoms. The van der Waals surface area contributed by atoms with Crippen molar-refractivity contribution in [1.29, 1.82) is 0 Å². The number of ether oxygens (including phenoxy) is 1. The molecule has 2 aromatic rings. The Bertz CT molecular complexity index is 994. The molecular weight excluding hydrogens is 370 g/mol. The van der Waals surface area contributed by atoms with Gasteiger partial charge in [0.1, 0.15) is 11.7 Å². The minimum absolute atomic E-state index is 0.0237. The predicted octanol–water partition coefficient (Wildman–Crippen LogP) is 4.08. The van der Waals surface area contributed by atoms with Crippen molar-refractivity contribution < 1.29 is 19.4 Å². The summed E-state index contributed by atoms with van der Waals surface area (Å²) in [6.07, 6.45) is 1.49. The number of aromatic carboxylic acids is 1. The molecule has 0 fully saturated rings. The maximum absolute atomic E-state index is 13.0. The third-order valence-corrected chi connectivity index (χ3v) is 4.66. The minimum atomic E-state index is -1.06. The Hall–Kier alpha value is -3.48. The lowest BCUT2D eigenvalue weighted by atomic mass is 9.95. The van der Waals surface area contributed by atoms with E-state index in [1.54, 1.807) is 49.6 Å². The molecule has 150 valence electrons. The molecule has 3 rings (SSSR count). The molecule has 7 nitrogen and oxygen atoms in total. The number of carboxylic acids is 1. The van der Waals surface area contributed by atoms with Crippen molar-refractivity contribution in [2.75, 3.05) is 12.1 Å². The number of carboxylic acid groups (broad SMARTS) is 1. The normalized spacial score (nSPS) is 16.6. The van der Waals surface area contributed by atoms with Gasteiger partial charge in [-0.1, -0.05) is 25.5 Å². The number of anilines is 1. The van der Waals surface area contributed by atoms with E-state index in [2.05, 4.69) is 10.1 Å². The first-order chi connectivity index (χ1) is 13.8. The Morgan fingerprint density at radius 3 is 2.52 bits per heavy atom. The first kappa shape index (κ1) is 20.3. The summed E-state index contributed by atoms with van der Waals surface area (Å²) < 4.78 is 5.16. The van der Waals surface area contributed by atoms with Crippen molar-refractivity contribution >= 4 is 35.2 Å². The summed E-state index contributed by atoms with van der Waals surface area (Å²) in [4.78, 5) is 28.9. The zero-order valence-corrected chi connectivity index (χ0v) is 16.8. The number of aryl methyl sites for hydroxylation is 1. The fourth-order valence-corrected chi connectivity index (χ4v) is 3.10. The van der Waals surface area contributed by atoms with Gasteiger partial charge in [0.15, 0.2) is 0 Å². The van der Waals surface area contributed by atoms with Crippen LogP contribution < -0.4 is 9.75 Å². The number of aliphatic imine (C=N–C) groups is 1. The molecule has 1 aliphatic heterocycles. The van der Waals surface area contributed by atoms with Gasteiger partial charge >= 0.3 is 5.97 Å². The first-order valence-electron chi connectivity index (χ1n) is 9.26. The van der Waals surface area contributed by atoms with E-state index in [1.165, 1.54) is 11.2 Å². The molecule has 1 unspecified atom stereocenters. The molecule has 0 radical (unpaired) electrons. The van der Waals surface area contributed by atoms with Crippen LogP contribution in [0, 0.1) is 18.8 Å². The van der Waals surface area contributed by atoms with Crippen molar-refractivity contribution in [1.82, 2.24) is 0 Å². The van der Waals surface area contributed by atoms with Gasteiger partial charge in [0.2, 0.25) is 0 Å². The predicted molar refractivity (Wildman–Crippen MR) is 113 cm³/mol. The average molecular weight is 393 g/mol. The van der Waals surface area contributed by atoms with Crippen molar-refractivity contribution in [2.45, 2.75) is 20.8 Å². The van der Waals surface area contributed by atoms with Gasteiger partial charge in [-0.05, 0) is 49.2 Å². The fraction of sp³-hybridized carbons (Fsp3) is 0.273. The van der Waals surface area contributed by atoms with Crippen LogP contribution in [0.2, 0.25) is 0 Å². The number of methoxy groups -OCH3 is 1. The Kier molecular flexibility index (Phi) is 5.77. The van der Waals surface area contributed by atoms with E-state index in [-0.39, 0.29) is 17.4 Å². The highest BCUT2D eigenvalue weighted by molar-refractivity contribution is 6.24. The number of carbonyl (C=O) groups excluding carboxylic acids is 1. The molecule has 1 heterocycles. The van der Waals surface area contributed by atoms with E-state index >= 15 is 0 Å². The summed E-state index contributed by atoms with van der Waals surface area (Å²) in [6, 6.07) is 12.0. The number of carbonyl (C=O) groups is 2. The van der Waals surface area contributed by atoms with E-state index < -0.39 is 11.9 Å². The highest BCUT2D eigenvalue weighted by atomic mass is 16.5. The van der Waals surface area contributed by atoms with E-state index in [1.807, 2.05) is 20.8 Å². The third-order valence-electron chi connectivity index (χ3n) is 4.66. The highest BCUT2D eigenvalue weighted by Crippen LogP contribution is 2.28. The zero-order valence-electron chi connectivity index (χ0n) is 16.8. The highest BCUT2D eigenvalue weighted by Gasteiger charge is 2.36.